The Labute approximate surface area is 192 Å². The largest absolute Gasteiger partial charge is 0.481 e. The zero-order valence-electron chi connectivity index (χ0n) is 19.1. The maximum atomic E-state index is 13.9. The molecule has 2 aromatic heterocycles. The van der Waals surface area contributed by atoms with Crippen molar-refractivity contribution in [1.29, 1.82) is 0 Å². The van der Waals surface area contributed by atoms with Gasteiger partial charge in [0.15, 0.2) is 5.72 Å². The van der Waals surface area contributed by atoms with Crippen LogP contribution in [0.5, 0.6) is 5.88 Å². The number of fused-ring (bicyclic) bond motifs is 1. The topological polar surface area (TPSA) is 104 Å². The number of nitrogens with one attached hydrogen (secondary N) is 1. The Bertz CT molecular complexity index is 1290. The third-order valence-electron chi connectivity index (χ3n) is 5.48. The van der Waals surface area contributed by atoms with Crippen molar-refractivity contribution in [3.8, 4) is 22.7 Å². The first-order chi connectivity index (χ1) is 15.9. The summed E-state index contributed by atoms with van der Waals surface area (Å²) in [6.07, 6.45) is 7.20. The van der Waals surface area contributed by atoms with Crippen LogP contribution in [0, 0.1) is 0 Å². The Hall–Kier alpha value is -3.91. The van der Waals surface area contributed by atoms with Crippen molar-refractivity contribution in [3.05, 3.63) is 70.2 Å². The number of hydrogen-bond acceptors (Lipinski definition) is 7. The van der Waals surface area contributed by atoms with E-state index in [9.17, 15) is 4.79 Å². The van der Waals surface area contributed by atoms with Gasteiger partial charge in [-0.2, -0.15) is 0 Å². The highest BCUT2D eigenvalue weighted by Gasteiger charge is 2.29. The van der Waals surface area contributed by atoms with E-state index in [0.717, 1.165) is 16.7 Å². The Balaban J connectivity index is 1.97. The quantitative estimate of drug-likeness (QED) is 0.443. The zero-order valence-corrected chi connectivity index (χ0v) is 19.1. The van der Waals surface area contributed by atoms with Crippen LogP contribution in [0.1, 0.15) is 25.0 Å². The van der Waals surface area contributed by atoms with E-state index in [1.165, 1.54) is 0 Å². The average molecular weight is 446 g/mol. The van der Waals surface area contributed by atoms with E-state index in [2.05, 4.69) is 15.3 Å². The molecule has 0 spiro atoms. The SMILES string of the molecule is CCOC1(C)C=Cc2cc(-c3ccc(N)c(C=NC)c3)c(=O)n(-c3ccc(OC)nc3)c2N1. The molecule has 0 aliphatic carbocycles. The lowest BCUT2D eigenvalue weighted by atomic mass is 9.99. The van der Waals surface area contributed by atoms with Gasteiger partial charge in [-0.1, -0.05) is 12.1 Å². The van der Waals surface area contributed by atoms with Crippen molar-refractivity contribution in [2.45, 2.75) is 19.6 Å². The normalized spacial score (nSPS) is 17.1. The number of methoxy groups -OCH3 is 1. The van der Waals surface area contributed by atoms with Crippen LogP contribution in [0.3, 0.4) is 0 Å². The smallest absolute Gasteiger partial charge is 0.264 e. The maximum absolute atomic E-state index is 13.9. The second-order valence-electron chi connectivity index (χ2n) is 7.79. The van der Waals surface area contributed by atoms with Crippen LogP contribution in [0.15, 0.2) is 58.5 Å². The molecule has 3 heterocycles. The van der Waals surface area contributed by atoms with Crippen LogP contribution < -0.4 is 21.3 Å². The number of hydrogen-bond donors (Lipinski definition) is 2. The summed E-state index contributed by atoms with van der Waals surface area (Å²) in [5.74, 6) is 1.09. The van der Waals surface area contributed by atoms with Crippen molar-refractivity contribution in [2.75, 3.05) is 31.8 Å². The molecule has 0 radical (unpaired) electrons. The van der Waals surface area contributed by atoms with Gasteiger partial charge in [0.2, 0.25) is 5.88 Å². The first-order valence-electron chi connectivity index (χ1n) is 10.6. The van der Waals surface area contributed by atoms with Crippen molar-refractivity contribution < 1.29 is 9.47 Å². The van der Waals surface area contributed by atoms with E-state index in [0.29, 0.717) is 35.2 Å². The predicted octanol–water partition coefficient (Wildman–Crippen LogP) is 3.73. The van der Waals surface area contributed by atoms with Crippen molar-refractivity contribution in [1.82, 2.24) is 9.55 Å². The predicted molar refractivity (Wildman–Crippen MR) is 132 cm³/mol. The number of aliphatic imine (C=N–C) groups is 1. The third kappa shape index (κ3) is 4.25. The minimum Gasteiger partial charge on any atom is -0.481 e. The number of nitrogens with zero attached hydrogens (tertiary/aromatic N) is 3. The number of anilines is 2. The lowest BCUT2D eigenvalue weighted by Crippen LogP contribution is -2.40. The highest BCUT2D eigenvalue weighted by Crippen LogP contribution is 2.33. The number of aromatic nitrogens is 2. The number of rotatable bonds is 6. The molecule has 1 aliphatic rings. The summed E-state index contributed by atoms with van der Waals surface area (Å²) >= 11 is 0. The summed E-state index contributed by atoms with van der Waals surface area (Å²) in [4.78, 5) is 22.2. The fraction of sp³-hybridized carbons (Fsp3) is 0.240. The van der Waals surface area contributed by atoms with E-state index in [-0.39, 0.29) is 5.56 Å². The number of ether oxygens (including phenoxy) is 2. The van der Waals surface area contributed by atoms with Crippen LogP contribution in [0.2, 0.25) is 0 Å². The number of pyridine rings is 2. The molecule has 170 valence electrons. The van der Waals surface area contributed by atoms with E-state index >= 15 is 0 Å². The summed E-state index contributed by atoms with van der Waals surface area (Å²) in [7, 11) is 3.23. The first kappa shape index (κ1) is 22.3. The molecule has 1 aromatic carbocycles. The summed E-state index contributed by atoms with van der Waals surface area (Å²) < 4.78 is 12.7. The first-order valence-corrected chi connectivity index (χ1v) is 10.6. The van der Waals surface area contributed by atoms with Gasteiger partial charge in [0.1, 0.15) is 5.82 Å². The molecule has 0 bridgehead atoms. The Morgan fingerprint density at radius 1 is 1.27 bits per heavy atom. The molecule has 0 fully saturated rings. The molecule has 0 amide bonds. The molecule has 3 aromatic rings. The van der Waals surface area contributed by atoms with Crippen LogP contribution in [0.4, 0.5) is 11.5 Å². The molecule has 0 saturated heterocycles. The molecular formula is C25H27N5O3. The van der Waals surface area contributed by atoms with Gasteiger partial charge in [-0.25, -0.2) is 4.98 Å². The lowest BCUT2D eigenvalue weighted by molar-refractivity contribution is 0.0352. The summed E-state index contributed by atoms with van der Waals surface area (Å²) in [6, 6.07) is 10.9. The summed E-state index contributed by atoms with van der Waals surface area (Å²) in [6.45, 7) is 4.36. The summed E-state index contributed by atoms with van der Waals surface area (Å²) in [5, 5.41) is 3.38. The van der Waals surface area contributed by atoms with Crippen LogP contribution in [-0.2, 0) is 4.74 Å². The third-order valence-corrected chi connectivity index (χ3v) is 5.48. The Morgan fingerprint density at radius 3 is 2.76 bits per heavy atom. The minimum atomic E-state index is -0.747. The Kier molecular flexibility index (Phi) is 6.02. The molecule has 8 nitrogen and oxygen atoms in total. The van der Waals surface area contributed by atoms with Gasteiger partial charge in [0, 0.05) is 48.3 Å². The molecule has 1 aliphatic heterocycles. The number of nitrogen functional groups attached to an aromatic ring is 1. The highest BCUT2D eigenvalue weighted by atomic mass is 16.5. The van der Waals surface area contributed by atoms with Gasteiger partial charge in [-0.05, 0) is 49.8 Å². The number of benzene rings is 1. The second kappa shape index (κ2) is 8.91. The number of nitrogens with two attached hydrogens (primary N) is 1. The second-order valence-corrected chi connectivity index (χ2v) is 7.79. The molecule has 3 N–H and O–H groups in total. The monoisotopic (exact) mass is 445 g/mol. The van der Waals surface area contributed by atoms with Crippen molar-refractivity contribution in [2.24, 2.45) is 4.99 Å². The zero-order chi connectivity index (χ0) is 23.6. The molecule has 0 saturated carbocycles. The lowest BCUT2D eigenvalue weighted by Gasteiger charge is -2.34. The fourth-order valence-electron chi connectivity index (χ4n) is 3.87. The molecule has 1 unspecified atom stereocenters. The van der Waals surface area contributed by atoms with E-state index in [4.69, 9.17) is 15.2 Å². The van der Waals surface area contributed by atoms with Crippen LogP contribution in [0.25, 0.3) is 22.9 Å². The van der Waals surface area contributed by atoms with Gasteiger partial charge in [0.05, 0.1) is 19.0 Å². The van der Waals surface area contributed by atoms with Crippen molar-refractivity contribution >= 4 is 23.8 Å². The van der Waals surface area contributed by atoms with E-state index in [1.807, 2.05) is 44.2 Å². The molecule has 8 heteroatoms. The highest BCUT2D eigenvalue weighted by molar-refractivity contribution is 5.89. The molecular weight excluding hydrogens is 418 g/mol. The van der Waals surface area contributed by atoms with E-state index < -0.39 is 5.72 Å². The van der Waals surface area contributed by atoms with Crippen LogP contribution >= 0.6 is 0 Å². The van der Waals surface area contributed by atoms with E-state index in [1.54, 1.807) is 49.3 Å². The van der Waals surface area contributed by atoms with Gasteiger partial charge in [-0.3, -0.25) is 14.4 Å². The molecule has 1 atom stereocenters. The van der Waals surface area contributed by atoms with Crippen molar-refractivity contribution in [3.63, 3.8) is 0 Å². The van der Waals surface area contributed by atoms with Gasteiger partial charge >= 0.3 is 0 Å². The van der Waals surface area contributed by atoms with Gasteiger partial charge < -0.3 is 20.5 Å². The molecule has 4 rings (SSSR count). The minimum absolute atomic E-state index is 0.202. The standard InChI is InChI=1S/C25H27N5O3/c1-5-33-25(2)11-10-17-13-20(16-6-8-21(26)18(12-16)14-27-3)24(31)30(23(17)29-25)19-7-9-22(32-4)28-15-19/h6-15,29H,5,26H2,1-4H3. The van der Waals surface area contributed by atoms with Gasteiger partial charge in [0.25, 0.3) is 5.56 Å². The van der Waals surface area contributed by atoms with Crippen LogP contribution in [-0.4, -0.2) is 42.3 Å². The molecule has 33 heavy (non-hydrogen) atoms. The fourth-order valence-corrected chi connectivity index (χ4v) is 3.87. The van der Waals surface area contributed by atoms with Gasteiger partial charge in [-0.15, -0.1) is 0 Å². The average Bonchev–Trinajstić information content (AvgIpc) is 2.81. The Morgan fingerprint density at radius 2 is 2.09 bits per heavy atom. The summed E-state index contributed by atoms with van der Waals surface area (Å²) in [5.41, 5.74) is 9.20. The maximum Gasteiger partial charge on any atom is 0.264 e.